The molecule has 34 heavy (non-hydrogen) atoms. The number of anilines is 1. The second-order valence-corrected chi connectivity index (χ2v) is 7.41. The van der Waals surface area contributed by atoms with E-state index >= 15 is 0 Å². The molecular weight excluding hydrogens is 439 g/mol. The normalized spacial score (nSPS) is 13.9. The number of amides is 2. The maximum atomic E-state index is 13.6. The van der Waals surface area contributed by atoms with Crippen LogP contribution in [0.25, 0.3) is 0 Å². The summed E-state index contributed by atoms with van der Waals surface area (Å²) in [7, 11) is 1.50. The number of nitrogens with zero attached hydrogens (tertiary/aromatic N) is 1. The van der Waals surface area contributed by atoms with Gasteiger partial charge in [-0.3, -0.25) is 9.59 Å². The number of allylic oxidation sites excluding steroid dienone is 1. The fraction of sp³-hybridized carbons (Fsp3) is 0.360. The van der Waals surface area contributed by atoms with Gasteiger partial charge in [0.1, 0.15) is 5.82 Å². The van der Waals surface area contributed by atoms with Gasteiger partial charge in [-0.25, -0.2) is 4.39 Å². The lowest BCUT2D eigenvalue weighted by molar-refractivity contribution is -0.146. The topological polar surface area (TPSA) is 128 Å². The van der Waals surface area contributed by atoms with E-state index < -0.39 is 18.1 Å². The summed E-state index contributed by atoms with van der Waals surface area (Å²) in [6.45, 7) is 4.45. The van der Waals surface area contributed by atoms with E-state index in [4.69, 9.17) is 0 Å². The third-order valence-corrected chi connectivity index (χ3v) is 5.00. The van der Waals surface area contributed by atoms with Crippen molar-refractivity contribution in [1.82, 2.24) is 10.2 Å². The second-order valence-electron chi connectivity index (χ2n) is 7.41. The molecule has 0 aliphatic carbocycles. The third-order valence-electron chi connectivity index (χ3n) is 5.00. The van der Waals surface area contributed by atoms with Gasteiger partial charge in [0.2, 0.25) is 6.41 Å². The maximum absolute atomic E-state index is 13.6. The van der Waals surface area contributed by atoms with E-state index in [9.17, 15) is 24.2 Å². The SMILES string of the molecule is C/C=C\Nc1ccc(CNC=O)cc1.CN.C[C@H](O)[C@@H](O)C(=O)N1CCc2cccc(F)c2C1. The molecule has 2 aromatic rings. The monoisotopic (exact) mass is 474 g/mol. The number of hydrogen-bond acceptors (Lipinski definition) is 6. The molecule has 0 aromatic heterocycles. The second kappa shape index (κ2) is 15.5. The lowest BCUT2D eigenvalue weighted by atomic mass is 9.98. The van der Waals surface area contributed by atoms with E-state index in [1.807, 2.05) is 49.5 Å². The van der Waals surface area contributed by atoms with Crippen molar-refractivity contribution < 1.29 is 24.2 Å². The van der Waals surface area contributed by atoms with Crippen LogP contribution in [0.4, 0.5) is 10.1 Å². The number of fused-ring (bicyclic) bond motifs is 1. The molecule has 0 fully saturated rings. The van der Waals surface area contributed by atoms with Gasteiger partial charge in [-0.05, 0) is 62.8 Å². The van der Waals surface area contributed by atoms with E-state index in [1.165, 1.54) is 24.9 Å². The number of nitrogens with one attached hydrogen (secondary N) is 2. The molecule has 2 amide bonds. The number of carbonyl (C=O) groups is 2. The number of hydrogen-bond donors (Lipinski definition) is 5. The zero-order valence-corrected chi connectivity index (χ0v) is 19.9. The van der Waals surface area contributed by atoms with Crippen LogP contribution in [0.3, 0.4) is 0 Å². The Bertz CT molecular complexity index is 920. The molecule has 0 unspecified atom stereocenters. The van der Waals surface area contributed by atoms with E-state index in [-0.39, 0.29) is 12.4 Å². The minimum Gasteiger partial charge on any atom is -0.390 e. The largest absolute Gasteiger partial charge is 0.390 e. The molecule has 1 aliphatic heterocycles. The molecule has 0 saturated carbocycles. The highest BCUT2D eigenvalue weighted by atomic mass is 19.1. The minimum absolute atomic E-state index is 0.143. The van der Waals surface area contributed by atoms with Gasteiger partial charge in [0.15, 0.2) is 6.10 Å². The molecule has 0 spiro atoms. The predicted molar refractivity (Wildman–Crippen MR) is 131 cm³/mol. The quantitative estimate of drug-likeness (QED) is 0.390. The summed E-state index contributed by atoms with van der Waals surface area (Å²) in [6.07, 6.45) is 2.50. The summed E-state index contributed by atoms with van der Waals surface area (Å²) in [6, 6.07) is 12.7. The molecule has 0 saturated heterocycles. The average molecular weight is 475 g/mol. The van der Waals surface area contributed by atoms with Gasteiger partial charge in [0.25, 0.3) is 5.91 Å². The third kappa shape index (κ3) is 8.93. The first-order valence-corrected chi connectivity index (χ1v) is 11.0. The van der Waals surface area contributed by atoms with Gasteiger partial charge in [0.05, 0.1) is 6.10 Å². The Labute approximate surface area is 200 Å². The lowest BCUT2D eigenvalue weighted by Crippen LogP contribution is -2.46. The fourth-order valence-corrected chi connectivity index (χ4v) is 3.18. The number of nitrogens with two attached hydrogens (primary N) is 1. The number of aliphatic hydroxyl groups excluding tert-OH is 2. The van der Waals surface area contributed by atoms with Crippen molar-refractivity contribution in [2.75, 3.05) is 18.9 Å². The molecule has 3 rings (SSSR count). The van der Waals surface area contributed by atoms with Crippen LogP contribution in [-0.4, -0.2) is 53.2 Å². The van der Waals surface area contributed by atoms with Gasteiger partial charge < -0.3 is 31.5 Å². The van der Waals surface area contributed by atoms with Crippen molar-refractivity contribution in [3.05, 3.63) is 77.2 Å². The number of carbonyl (C=O) groups excluding carboxylic acids is 2. The molecule has 9 heteroatoms. The highest BCUT2D eigenvalue weighted by Gasteiger charge is 2.29. The van der Waals surface area contributed by atoms with Gasteiger partial charge in [-0.1, -0.05) is 30.3 Å². The molecule has 1 aliphatic rings. The molecule has 8 nitrogen and oxygen atoms in total. The Morgan fingerprint density at radius 1 is 1.21 bits per heavy atom. The maximum Gasteiger partial charge on any atom is 0.254 e. The first kappa shape index (κ1) is 28.8. The van der Waals surface area contributed by atoms with Gasteiger partial charge in [-0.15, -0.1) is 0 Å². The minimum atomic E-state index is -1.45. The molecule has 6 N–H and O–H groups in total. The summed E-state index contributed by atoms with van der Waals surface area (Å²) in [4.78, 5) is 23.3. The van der Waals surface area contributed by atoms with Crippen LogP contribution in [0.2, 0.25) is 0 Å². The van der Waals surface area contributed by atoms with Crippen LogP contribution in [0.15, 0.2) is 54.7 Å². The molecule has 186 valence electrons. The van der Waals surface area contributed by atoms with Crippen LogP contribution >= 0.6 is 0 Å². The van der Waals surface area contributed by atoms with E-state index in [1.54, 1.807) is 6.07 Å². The Morgan fingerprint density at radius 3 is 2.47 bits per heavy atom. The van der Waals surface area contributed by atoms with Gasteiger partial charge >= 0.3 is 0 Å². The van der Waals surface area contributed by atoms with Crippen molar-refractivity contribution in [3.8, 4) is 0 Å². The van der Waals surface area contributed by atoms with Crippen LogP contribution in [0, 0.1) is 5.82 Å². The van der Waals surface area contributed by atoms with Crippen molar-refractivity contribution in [2.24, 2.45) is 5.73 Å². The summed E-state index contributed by atoms with van der Waals surface area (Å²) in [5, 5.41) is 24.4. The number of aliphatic hydroxyl groups is 2. The van der Waals surface area contributed by atoms with Crippen molar-refractivity contribution in [3.63, 3.8) is 0 Å². The molecule has 0 radical (unpaired) electrons. The van der Waals surface area contributed by atoms with Crippen LogP contribution in [0.1, 0.15) is 30.5 Å². The standard InChI is InChI=1S/C13H16FNO3.C11H14N2O.CH5N/c1-8(16)12(17)13(18)15-6-5-9-3-2-4-11(14)10(9)7-15;1-2-7-13-11-5-3-10(4-6-11)8-12-9-14;1-2/h2-4,8,12,16-17H,5-7H2,1H3;2-7,9,13H,8H2,1H3,(H,12,14);2H2,1H3/b;7-2-;/t8-,12+;;/m0../s1. The number of benzene rings is 2. The molecule has 2 atom stereocenters. The molecular formula is C25H35FN4O4. The Kier molecular flexibility index (Phi) is 13.2. The molecule has 2 aromatic carbocycles. The van der Waals surface area contributed by atoms with Gasteiger partial charge in [-0.2, -0.15) is 0 Å². The van der Waals surface area contributed by atoms with Crippen LogP contribution in [-0.2, 0) is 29.1 Å². The van der Waals surface area contributed by atoms with Crippen molar-refractivity contribution in [1.29, 1.82) is 0 Å². The smallest absolute Gasteiger partial charge is 0.254 e. The zero-order valence-electron chi connectivity index (χ0n) is 19.9. The summed E-state index contributed by atoms with van der Waals surface area (Å²) < 4.78 is 13.6. The predicted octanol–water partition coefficient (Wildman–Crippen LogP) is 1.91. The Hall–Kier alpha value is -3.27. The average Bonchev–Trinajstić information content (AvgIpc) is 2.87. The van der Waals surface area contributed by atoms with E-state index in [2.05, 4.69) is 16.4 Å². The van der Waals surface area contributed by atoms with Crippen molar-refractivity contribution in [2.45, 2.75) is 45.6 Å². The highest BCUT2D eigenvalue weighted by Crippen LogP contribution is 2.22. The summed E-state index contributed by atoms with van der Waals surface area (Å²) in [5.74, 6) is -0.893. The Balaban J connectivity index is 0.000000326. The summed E-state index contributed by atoms with van der Waals surface area (Å²) in [5.41, 5.74) is 8.02. The van der Waals surface area contributed by atoms with E-state index in [0.717, 1.165) is 16.8 Å². The molecule has 0 bridgehead atoms. The first-order valence-electron chi connectivity index (χ1n) is 11.0. The Morgan fingerprint density at radius 2 is 1.88 bits per heavy atom. The highest BCUT2D eigenvalue weighted by molar-refractivity contribution is 5.81. The number of halogens is 1. The first-order chi connectivity index (χ1) is 16.4. The van der Waals surface area contributed by atoms with Gasteiger partial charge in [0, 0.05) is 30.9 Å². The van der Waals surface area contributed by atoms with Crippen molar-refractivity contribution >= 4 is 18.0 Å². The zero-order chi connectivity index (χ0) is 25.5. The van der Waals surface area contributed by atoms with Crippen LogP contribution in [0.5, 0.6) is 0 Å². The number of rotatable bonds is 7. The summed E-state index contributed by atoms with van der Waals surface area (Å²) >= 11 is 0. The van der Waals surface area contributed by atoms with E-state index in [0.29, 0.717) is 31.5 Å². The fourth-order valence-electron chi connectivity index (χ4n) is 3.18. The lowest BCUT2D eigenvalue weighted by Gasteiger charge is -2.31. The van der Waals surface area contributed by atoms with Crippen LogP contribution < -0.4 is 16.4 Å². The molecule has 1 heterocycles.